The molecule has 3 N–H and O–H groups in total. The van der Waals surface area contributed by atoms with Gasteiger partial charge in [0.2, 0.25) is 0 Å². The first-order valence-electron chi connectivity index (χ1n) is 6.13. The summed E-state index contributed by atoms with van der Waals surface area (Å²) in [7, 11) is 3.44. The summed E-state index contributed by atoms with van der Waals surface area (Å²) >= 11 is 0. The molecule has 0 heterocycles. The molecule has 0 amide bonds. The maximum Gasteiger partial charge on any atom is 0.000840 e. The minimum absolute atomic E-state index is 0.602. The van der Waals surface area contributed by atoms with E-state index in [0.29, 0.717) is 5.92 Å². The second kappa shape index (κ2) is 14.9. The van der Waals surface area contributed by atoms with Crippen LogP contribution in [0, 0.1) is 5.92 Å². The Morgan fingerprint density at radius 1 is 1.29 bits per heavy atom. The van der Waals surface area contributed by atoms with E-state index in [1.807, 2.05) is 19.2 Å². The molecule has 2 heteroatoms. The summed E-state index contributed by atoms with van der Waals surface area (Å²) in [4.78, 5) is 0. The van der Waals surface area contributed by atoms with Gasteiger partial charge in [-0.2, -0.15) is 0 Å². The van der Waals surface area contributed by atoms with Gasteiger partial charge in [0.15, 0.2) is 0 Å². The Bertz CT molecular complexity index is 244. The van der Waals surface area contributed by atoms with E-state index in [9.17, 15) is 0 Å². The number of rotatable bonds is 4. The summed E-state index contributed by atoms with van der Waals surface area (Å²) in [5.41, 5.74) is 5.91. The van der Waals surface area contributed by atoms with E-state index in [0.717, 1.165) is 13.0 Å². The third-order valence-electron chi connectivity index (χ3n) is 2.18. The quantitative estimate of drug-likeness (QED) is 0.789. The van der Waals surface area contributed by atoms with Crippen LogP contribution in [0.1, 0.15) is 19.4 Å². The molecular weight excluding hydrogens is 208 g/mol. The first-order chi connectivity index (χ1) is 8.24. The van der Waals surface area contributed by atoms with Gasteiger partial charge in [-0.05, 0) is 32.0 Å². The summed E-state index contributed by atoms with van der Waals surface area (Å²) < 4.78 is 0. The van der Waals surface area contributed by atoms with Crippen LogP contribution >= 0.6 is 0 Å². The van der Waals surface area contributed by atoms with Gasteiger partial charge in [-0.25, -0.2) is 0 Å². The molecule has 0 bridgehead atoms. The Morgan fingerprint density at radius 2 is 1.82 bits per heavy atom. The van der Waals surface area contributed by atoms with E-state index < -0.39 is 0 Å². The number of benzene rings is 1. The van der Waals surface area contributed by atoms with Gasteiger partial charge in [0, 0.05) is 6.54 Å². The molecule has 0 saturated heterocycles. The van der Waals surface area contributed by atoms with Crippen LogP contribution in [-0.4, -0.2) is 20.6 Å². The minimum Gasteiger partial charge on any atom is -0.333 e. The summed E-state index contributed by atoms with van der Waals surface area (Å²) in [5, 5.41) is 3.05. The Morgan fingerprint density at radius 3 is 2.06 bits per heavy atom. The van der Waals surface area contributed by atoms with Crippen LogP contribution in [0.4, 0.5) is 0 Å². The second-order valence-electron chi connectivity index (χ2n) is 3.61. The third-order valence-corrected chi connectivity index (χ3v) is 2.18. The molecule has 0 spiro atoms. The normalized spacial score (nSPS) is 10.2. The molecule has 98 valence electrons. The van der Waals surface area contributed by atoms with E-state index in [1.165, 1.54) is 12.6 Å². The lowest BCUT2D eigenvalue weighted by molar-refractivity contribution is 0.651. The predicted molar refractivity (Wildman–Crippen MR) is 79.2 cm³/mol. The fourth-order valence-corrected chi connectivity index (χ4v) is 1.12. The Labute approximate surface area is 107 Å². The van der Waals surface area contributed by atoms with Crippen LogP contribution in [0.3, 0.4) is 0 Å². The number of aryl methyl sites for hydroxylation is 1. The van der Waals surface area contributed by atoms with Crippen LogP contribution in [-0.2, 0) is 6.42 Å². The van der Waals surface area contributed by atoms with Gasteiger partial charge in [0.05, 0.1) is 0 Å². The van der Waals surface area contributed by atoms with Gasteiger partial charge in [-0.1, -0.05) is 50.3 Å². The van der Waals surface area contributed by atoms with E-state index >= 15 is 0 Å². The predicted octanol–water partition coefficient (Wildman–Crippen LogP) is 2.85. The van der Waals surface area contributed by atoms with Gasteiger partial charge in [-0.15, -0.1) is 6.58 Å². The molecule has 1 aromatic rings. The summed E-state index contributed by atoms with van der Waals surface area (Å²) in [6.07, 6.45) is 3.08. The van der Waals surface area contributed by atoms with Crippen molar-refractivity contribution in [1.82, 2.24) is 5.32 Å². The van der Waals surface area contributed by atoms with Crippen LogP contribution in [0.2, 0.25) is 0 Å². The number of nitrogens with one attached hydrogen (secondary N) is 1. The highest BCUT2D eigenvalue weighted by molar-refractivity contribution is 5.13. The van der Waals surface area contributed by atoms with Gasteiger partial charge in [0.1, 0.15) is 0 Å². The fraction of sp³-hybridized carbons (Fsp3) is 0.467. The van der Waals surface area contributed by atoms with Crippen molar-refractivity contribution in [2.45, 2.75) is 20.3 Å². The first-order valence-corrected chi connectivity index (χ1v) is 6.13. The summed E-state index contributed by atoms with van der Waals surface area (Å²) in [5.74, 6) is 0.602. The molecule has 1 aromatic carbocycles. The van der Waals surface area contributed by atoms with Gasteiger partial charge in [0.25, 0.3) is 0 Å². The lowest BCUT2D eigenvalue weighted by atomic mass is 10.2. The van der Waals surface area contributed by atoms with E-state index in [-0.39, 0.29) is 0 Å². The molecule has 1 atom stereocenters. The Balaban J connectivity index is 0. The van der Waals surface area contributed by atoms with Crippen molar-refractivity contribution in [2.75, 3.05) is 20.6 Å². The van der Waals surface area contributed by atoms with Crippen molar-refractivity contribution in [3.8, 4) is 0 Å². The SMILES string of the molecule is C=CC(C)CNC.CCc1ccccc1.CN. The zero-order valence-electron chi connectivity index (χ0n) is 11.7. The van der Waals surface area contributed by atoms with Crippen molar-refractivity contribution in [1.29, 1.82) is 0 Å². The first kappa shape index (κ1) is 18.3. The molecule has 0 aliphatic heterocycles. The standard InChI is InChI=1S/C8H10.C6H13N.CH5N/c1-2-8-6-4-3-5-7-8;1-4-6(2)5-7-3;1-2/h3-7H,2H2,1H3;4,6-7H,1,5H2,2-3H3;2H2,1H3. The molecule has 2 nitrogen and oxygen atoms in total. The van der Waals surface area contributed by atoms with Crippen molar-refractivity contribution >= 4 is 0 Å². The molecule has 17 heavy (non-hydrogen) atoms. The molecule has 1 rings (SSSR count). The average molecular weight is 236 g/mol. The van der Waals surface area contributed by atoms with Gasteiger partial charge < -0.3 is 11.1 Å². The van der Waals surface area contributed by atoms with Crippen LogP contribution in [0.5, 0.6) is 0 Å². The Kier molecular flexibility index (Phi) is 16.0. The summed E-state index contributed by atoms with van der Waals surface area (Å²) in [6, 6.07) is 10.5. The topological polar surface area (TPSA) is 38.0 Å². The highest BCUT2D eigenvalue weighted by atomic mass is 14.8. The Hall–Kier alpha value is -1.12. The van der Waals surface area contributed by atoms with Crippen molar-refractivity contribution in [3.63, 3.8) is 0 Å². The van der Waals surface area contributed by atoms with Crippen molar-refractivity contribution in [2.24, 2.45) is 11.7 Å². The largest absolute Gasteiger partial charge is 0.333 e. The highest BCUT2D eigenvalue weighted by Crippen LogP contribution is 1.96. The monoisotopic (exact) mass is 236 g/mol. The molecule has 0 aliphatic rings. The lowest BCUT2D eigenvalue weighted by Crippen LogP contribution is -2.13. The van der Waals surface area contributed by atoms with Crippen LogP contribution < -0.4 is 11.1 Å². The molecule has 0 aromatic heterocycles. The zero-order chi connectivity index (χ0) is 13.5. The molecule has 0 radical (unpaired) electrons. The smallest absolute Gasteiger partial charge is 0.000840 e. The average Bonchev–Trinajstić information content (AvgIpc) is 2.43. The van der Waals surface area contributed by atoms with Crippen molar-refractivity contribution in [3.05, 3.63) is 48.6 Å². The summed E-state index contributed by atoms with van der Waals surface area (Å²) in [6.45, 7) is 8.96. The van der Waals surface area contributed by atoms with Gasteiger partial charge >= 0.3 is 0 Å². The number of nitrogens with two attached hydrogens (primary N) is 1. The van der Waals surface area contributed by atoms with E-state index in [1.54, 1.807) is 0 Å². The molecule has 1 unspecified atom stereocenters. The molecule has 0 fully saturated rings. The van der Waals surface area contributed by atoms with Crippen LogP contribution in [0.25, 0.3) is 0 Å². The molecular formula is C15H28N2. The maximum atomic E-state index is 4.50. The van der Waals surface area contributed by atoms with Crippen LogP contribution in [0.15, 0.2) is 43.0 Å². The maximum absolute atomic E-state index is 4.50. The fourth-order valence-electron chi connectivity index (χ4n) is 1.12. The van der Waals surface area contributed by atoms with Crippen molar-refractivity contribution < 1.29 is 0 Å². The third kappa shape index (κ3) is 12.8. The molecule has 0 aliphatic carbocycles. The zero-order valence-corrected chi connectivity index (χ0v) is 11.7. The number of hydrogen-bond acceptors (Lipinski definition) is 2. The van der Waals surface area contributed by atoms with E-state index in [2.05, 4.69) is 55.7 Å². The lowest BCUT2D eigenvalue weighted by Gasteiger charge is -2.00. The van der Waals surface area contributed by atoms with Gasteiger partial charge in [-0.3, -0.25) is 0 Å². The highest BCUT2D eigenvalue weighted by Gasteiger charge is 1.88. The number of hydrogen-bond donors (Lipinski definition) is 2. The molecule has 0 saturated carbocycles. The minimum atomic E-state index is 0.602. The second-order valence-corrected chi connectivity index (χ2v) is 3.61. The van der Waals surface area contributed by atoms with E-state index in [4.69, 9.17) is 0 Å².